The summed E-state index contributed by atoms with van der Waals surface area (Å²) in [5.41, 5.74) is 9.94. The molecule has 0 spiro atoms. The van der Waals surface area contributed by atoms with E-state index in [4.69, 9.17) is 16.3 Å². The van der Waals surface area contributed by atoms with Gasteiger partial charge in [0.25, 0.3) is 5.91 Å². The van der Waals surface area contributed by atoms with E-state index < -0.39 is 52.0 Å². The normalized spacial score (nSPS) is 24.3. The summed E-state index contributed by atoms with van der Waals surface area (Å²) in [6.07, 6.45) is 3.32. The largest absolute Gasteiger partial charge is 0.508 e. The summed E-state index contributed by atoms with van der Waals surface area (Å²) in [6, 6.07) is 5.31. The number of phenols is 1. The fourth-order valence-corrected chi connectivity index (χ4v) is 5.94. The number of aromatic nitrogens is 1. The van der Waals surface area contributed by atoms with E-state index in [0.29, 0.717) is 23.4 Å². The zero-order valence-electron chi connectivity index (χ0n) is 21.1. The molecule has 1 saturated carbocycles. The molecule has 204 valence electrons. The summed E-state index contributed by atoms with van der Waals surface area (Å²) in [5, 5.41) is 47.6. The van der Waals surface area contributed by atoms with Gasteiger partial charge in [-0.05, 0) is 36.0 Å². The van der Waals surface area contributed by atoms with Crippen LogP contribution in [0.15, 0.2) is 47.5 Å². The first-order valence-electron chi connectivity index (χ1n) is 12.3. The number of phenolic OH excluding ortho intramolecular Hbond substituents is 1. The second-order valence-corrected chi connectivity index (χ2v) is 10.1. The molecule has 2 aromatic rings. The van der Waals surface area contributed by atoms with Crippen LogP contribution in [-0.4, -0.2) is 50.6 Å². The van der Waals surface area contributed by atoms with E-state index in [1.54, 1.807) is 25.6 Å². The Morgan fingerprint density at radius 1 is 1.18 bits per heavy atom. The summed E-state index contributed by atoms with van der Waals surface area (Å²) < 4.78 is 1.53. The van der Waals surface area contributed by atoms with E-state index in [1.165, 1.54) is 4.73 Å². The summed E-state index contributed by atoms with van der Waals surface area (Å²) in [7, 11) is 1.54. The third kappa shape index (κ3) is 3.99. The van der Waals surface area contributed by atoms with Crippen LogP contribution in [0.4, 0.5) is 5.69 Å². The van der Waals surface area contributed by atoms with Gasteiger partial charge >= 0.3 is 0 Å². The third-order valence-corrected chi connectivity index (χ3v) is 7.90. The number of fused-ring (bicyclic) bond motifs is 3. The lowest BCUT2D eigenvalue weighted by Crippen LogP contribution is -2.58. The number of carbonyl (C=O) groups excluding carboxylic acids is 3. The fraction of sp³-hybridized carbons (Fsp3) is 0.333. The van der Waals surface area contributed by atoms with Crippen molar-refractivity contribution in [2.24, 2.45) is 17.6 Å². The summed E-state index contributed by atoms with van der Waals surface area (Å²) in [6.45, 7) is 0.637. The molecule has 1 aromatic carbocycles. The van der Waals surface area contributed by atoms with Gasteiger partial charge in [0, 0.05) is 59.1 Å². The van der Waals surface area contributed by atoms with Crippen LogP contribution in [0, 0.1) is 11.8 Å². The number of hydrogen-bond donors (Lipinski definition) is 7. The number of nitrogens with two attached hydrogens (primary N) is 2. The lowest BCUT2D eigenvalue weighted by Gasteiger charge is -2.46. The van der Waals surface area contributed by atoms with Gasteiger partial charge < -0.3 is 37.2 Å². The Labute approximate surface area is 222 Å². The Morgan fingerprint density at radius 3 is 2.51 bits per heavy atom. The number of carbonyl (C=O) groups is 3. The van der Waals surface area contributed by atoms with Gasteiger partial charge in [-0.2, -0.15) is 0 Å². The number of hydrogen-bond acceptors (Lipinski definition) is 10. The van der Waals surface area contributed by atoms with Crippen LogP contribution in [0.25, 0.3) is 5.76 Å². The van der Waals surface area contributed by atoms with Gasteiger partial charge in [0.15, 0.2) is 11.4 Å². The molecule has 3 aliphatic carbocycles. The molecule has 9 N–H and O–H groups in total. The van der Waals surface area contributed by atoms with Crippen LogP contribution < -0.4 is 26.4 Å². The van der Waals surface area contributed by atoms with Crippen molar-refractivity contribution < 1.29 is 44.4 Å². The standard InChI is InChI=1S/C27H28N4O8/c1-39-31-4-2-12(3-5-31)10-30-11-14-8-17(28)16-7-13-6-15-9-18(32)21(26(29)37)25(36)27(15,38)24(35)19(13)23(34)20(16)22(14)33/h2-5,8,13,15,30,38H,6-7,9-11,28H2,1H3,(H4-,29,32,33,34,35,36,37)/p+1/t13?,15-,27-/m0/s1. The summed E-state index contributed by atoms with van der Waals surface area (Å²) in [4.78, 5) is 42.9. The highest BCUT2D eigenvalue weighted by Gasteiger charge is 2.60. The highest BCUT2D eigenvalue weighted by molar-refractivity contribution is 6.22. The zero-order valence-corrected chi connectivity index (χ0v) is 21.1. The third-order valence-electron chi connectivity index (χ3n) is 7.90. The molecule has 39 heavy (non-hydrogen) atoms. The Balaban J connectivity index is 1.49. The van der Waals surface area contributed by atoms with Gasteiger partial charge in [-0.1, -0.05) is 0 Å². The average molecular weight is 538 g/mol. The number of anilines is 1. The second-order valence-electron chi connectivity index (χ2n) is 10.1. The van der Waals surface area contributed by atoms with E-state index in [1.807, 2.05) is 12.1 Å². The monoisotopic (exact) mass is 537 g/mol. The maximum absolute atomic E-state index is 13.6. The van der Waals surface area contributed by atoms with E-state index in [9.17, 15) is 34.8 Å². The quantitative estimate of drug-likeness (QED) is 0.110. The molecule has 0 bridgehead atoms. The van der Waals surface area contributed by atoms with Crippen molar-refractivity contribution in [2.45, 2.75) is 38.0 Å². The Hall–Kier alpha value is -4.42. The average Bonchev–Trinajstić information content (AvgIpc) is 2.89. The first-order chi connectivity index (χ1) is 18.5. The molecule has 1 unspecified atom stereocenters. The molecule has 0 saturated heterocycles. The molecule has 1 fully saturated rings. The number of Topliss-reactive ketones (excluding diaryl/α,β-unsaturated/α-hetero) is 2. The van der Waals surface area contributed by atoms with Crippen molar-refractivity contribution in [3.8, 4) is 5.75 Å². The maximum Gasteiger partial charge on any atom is 0.255 e. The second kappa shape index (κ2) is 9.40. The molecular weight excluding hydrogens is 508 g/mol. The van der Waals surface area contributed by atoms with Gasteiger partial charge in [-0.3, -0.25) is 19.2 Å². The van der Waals surface area contributed by atoms with Crippen molar-refractivity contribution in [2.75, 3.05) is 12.8 Å². The Kier molecular flexibility index (Phi) is 6.31. The van der Waals surface area contributed by atoms with Crippen LogP contribution in [-0.2, 0) is 33.9 Å². The van der Waals surface area contributed by atoms with Crippen LogP contribution >= 0.6 is 0 Å². The highest BCUT2D eigenvalue weighted by atomic mass is 16.6. The number of aliphatic hydroxyl groups is 3. The van der Waals surface area contributed by atoms with Crippen LogP contribution in [0.1, 0.15) is 35.1 Å². The van der Waals surface area contributed by atoms with Crippen LogP contribution in [0.3, 0.4) is 0 Å². The lowest BCUT2D eigenvalue weighted by atomic mass is 9.59. The topological polar surface area (TPSA) is 209 Å². The molecule has 12 heteroatoms. The molecule has 12 nitrogen and oxygen atoms in total. The zero-order chi connectivity index (χ0) is 28.2. The van der Waals surface area contributed by atoms with Gasteiger partial charge in [-0.25, -0.2) is 0 Å². The number of aliphatic hydroxyl groups excluding tert-OH is 2. The molecule has 3 aliphatic rings. The first-order valence-corrected chi connectivity index (χ1v) is 12.3. The van der Waals surface area contributed by atoms with E-state index >= 15 is 0 Å². The van der Waals surface area contributed by atoms with Crippen molar-refractivity contribution in [3.63, 3.8) is 0 Å². The highest BCUT2D eigenvalue weighted by Crippen LogP contribution is 2.53. The summed E-state index contributed by atoms with van der Waals surface area (Å²) >= 11 is 0. The number of rotatable bonds is 6. The number of aromatic hydroxyl groups is 1. The molecule has 0 radical (unpaired) electrons. The Bertz CT molecular complexity index is 1480. The van der Waals surface area contributed by atoms with E-state index in [2.05, 4.69) is 5.32 Å². The number of nitrogen functional groups attached to an aromatic ring is 1. The van der Waals surface area contributed by atoms with Crippen LogP contribution in [0.5, 0.6) is 5.75 Å². The molecule has 1 aromatic heterocycles. The molecule has 5 rings (SSSR count). The van der Waals surface area contributed by atoms with Crippen molar-refractivity contribution in [1.82, 2.24) is 5.32 Å². The first kappa shape index (κ1) is 26.2. The number of benzene rings is 1. The van der Waals surface area contributed by atoms with E-state index in [0.717, 1.165) is 5.56 Å². The number of nitrogens with zero attached hydrogens (tertiary/aromatic N) is 1. The fourth-order valence-electron chi connectivity index (χ4n) is 5.94. The van der Waals surface area contributed by atoms with Gasteiger partial charge in [-0.15, -0.1) is 0 Å². The summed E-state index contributed by atoms with van der Waals surface area (Å²) in [5.74, 6) is -6.69. The van der Waals surface area contributed by atoms with Crippen molar-refractivity contribution in [3.05, 3.63) is 69.8 Å². The van der Waals surface area contributed by atoms with Gasteiger partial charge in [0.2, 0.25) is 18.2 Å². The number of primary amides is 1. The number of pyridine rings is 1. The SMILES string of the molecule is CO[n+]1ccc(CNCc2cc(N)c3c(c2O)C(O)=C2C(=O)[C@]4(O)C(O)=C(C(N)=O)C(=O)C[C@@H]4CC2C3)cc1. The predicted octanol–water partition coefficient (Wildman–Crippen LogP) is -0.358. The molecule has 1 amide bonds. The minimum Gasteiger partial charge on any atom is -0.508 e. The molecule has 1 heterocycles. The lowest BCUT2D eigenvalue weighted by molar-refractivity contribution is -0.885. The number of amides is 1. The Morgan fingerprint density at radius 2 is 1.87 bits per heavy atom. The van der Waals surface area contributed by atoms with Crippen molar-refractivity contribution in [1.29, 1.82) is 0 Å². The van der Waals surface area contributed by atoms with Crippen molar-refractivity contribution >= 4 is 28.9 Å². The van der Waals surface area contributed by atoms with Gasteiger partial charge in [0.05, 0.1) is 5.56 Å². The minimum absolute atomic E-state index is 0.0280. The molecular formula is C27H29N4O8+. The molecule has 0 aliphatic heterocycles. The molecule has 3 atom stereocenters. The smallest absolute Gasteiger partial charge is 0.255 e. The number of ketones is 2. The maximum atomic E-state index is 13.6. The van der Waals surface area contributed by atoms with E-state index in [-0.39, 0.29) is 42.7 Å². The van der Waals surface area contributed by atoms with Gasteiger partial charge in [0.1, 0.15) is 30.0 Å². The number of nitrogens with one attached hydrogen (secondary N) is 1. The minimum atomic E-state index is -2.60. The predicted molar refractivity (Wildman–Crippen MR) is 135 cm³/mol. The van der Waals surface area contributed by atoms with Crippen LogP contribution in [0.2, 0.25) is 0 Å².